The fourth-order valence-electron chi connectivity index (χ4n) is 7.28. The van der Waals surface area contributed by atoms with Crippen LogP contribution in [0.4, 0.5) is 38.1 Å². The monoisotopic (exact) mass is 693 g/mol. The van der Waals surface area contributed by atoms with Crippen molar-refractivity contribution in [1.29, 1.82) is 0 Å². The molecule has 3 atom stereocenters. The van der Waals surface area contributed by atoms with Gasteiger partial charge in [0.25, 0.3) is 5.56 Å². The first-order chi connectivity index (χ1) is 23.3. The van der Waals surface area contributed by atoms with Crippen LogP contribution in [0.1, 0.15) is 61.6 Å². The van der Waals surface area contributed by atoms with Crippen molar-refractivity contribution in [3.8, 4) is 5.75 Å². The number of benzene rings is 1. The Kier molecular flexibility index (Phi) is 9.76. The third-order valence-electron chi connectivity index (χ3n) is 9.79. The lowest BCUT2D eigenvalue weighted by Gasteiger charge is -2.36. The number of rotatable bonds is 8. The Bertz CT molecular complexity index is 1670. The molecule has 0 radical (unpaired) electrons. The zero-order valence-corrected chi connectivity index (χ0v) is 26.9. The maximum absolute atomic E-state index is 14.2. The molecule has 1 aliphatic carbocycles. The summed E-state index contributed by atoms with van der Waals surface area (Å²) >= 11 is 0. The molecule has 4 heterocycles. The molecule has 264 valence electrons. The lowest BCUT2D eigenvalue weighted by molar-refractivity contribution is -0.139. The van der Waals surface area contributed by atoms with E-state index < -0.39 is 29.0 Å². The van der Waals surface area contributed by atoms with Gasteiger partial charge in [-0.2, -0.15) is 31.4 Å². The van der Waals surface area contributed by atoms with E-state index in [2.05, 4.69) is 15.1 Å². The highest BCUT2D eigenvalue weighted by Gasteiger charge is 2.44. The van der Waals surface area contributed by atoms with Gasteiger partial charge in [-0.3, -0.25) is 9.59 Å². The highest BCUT2D eigenvalue weighted by molar-refractivity contribution is 5.76. The van der Waals surface area contributed by atoms with Gasteiger partial charge in [-0.1, -0.05) is 25.0 Å². The molecule has 2 aromatic heterocycles. The van der Waals surface area contributed by atoms with Crippen LogP contribution in [0.5, 0.6) is 5.75 Å². The van der Waals surface area contributed by atoms with Crippen molar-refractivity contribution in [2.45, 2.75) is 75.9 Å². The Morgan fingerprint density at radius 1 is 0.939 bits per heavy atom. The van der Waals surface area contributed by atoms with E-state index in [1.54, 1.807) is 34.1 Å². The molecule has 1 saturated carbocycles. The molecule has 16 heteroatoms. The Morgan fingerprint density at radius 2 is 1.61 bits per heavy atom. The van der Waals surface area contributed by atoms with Crippen LogP contribution < -0.4 is 20.1 Å². The number of hydrogen-bond donors (Lipinski definition) is 0. The van der Waals surface area contributed by atoms with Crippen LogP contribution in [0.3, 0.4) is 0 Å². The average Bonchev–Trinajstić information content (AvgIpc) is 3.46. The summed E-state index contributed by atoms with van der Waals surface area (Å²) in [6.07, 6.45) is -3.03. The van der Waals surface area contributed by atoms with Gasteiger partial charge in [0.2, 0.25) is 11.9 Å². The Hall–Kier alpha value is -4.37. The number of fused-ring (bicyclic) bond motifs is 1. The number of carbonyl (C=O) groups is 1. The molecule has 3 fully saturated rings. The molecule has 1 amide bonds. The standard InChI is InChI=1S/C33H37F6N7O3/c1-49-25-9-6-21(7-10-25)20-45-30(48)26(33(37,38)39)17-28(42-45)46-24(16-22-4-2-3-5-27(22)46)8-11-29(47)43-12-14-44(15-13-43)31-40-18-23(19-41-31)32(34,35)36/h6-7,9-10,17-19,22,24,27H,2-5,8,11-16,20H2,1H3/t22-,24+,27-/m0/s1. The van der Waals surface area contributed by atoms with E-state index in [0.29, 0.717) is 50.3 Å². The molecule has 0 unspecified atom stereocenters. The predicted octanol–water partition coefficient (Wildman–Crippen LogP) is 5.39. The molecule has 3 aromatic rings. The minimum atomic E-state index is -4.89. The second-order valence-corrected chi connectivity index (χ2v) is 12.8. The zero-order valence-electron chi connectivity index (χ0n) is 26.9. The van der Waals surface area contributed by atoms with Gasteiger partial charge in [0.05, 0.1) is 19.2 Å². The SMILES string of the molecule is COc1ccc(Cn2nc(N3[C@H](CCC(=O)N4CCN(c5ncc(C(F)(F)F)cn5)CC4)C[C@@H]4CCCC[C@@H]43)cc(C(F)(F)F)c2=O)cc1. The van der Waals surface area contributed by atoms with Crippen LogP contribution in [0, 0.1) is 5.92 Å². The summed E-state index contributed by atoms with van der Waals surface area (Å²) < 4.78 is 87.4. The summed E-state index contributed by atoms with van der Waals surface area (Å²) in [4.78, 5) is 39.4. The number of anilines is 2. The smallest absolute Gasteiger partial charge is 0.421 e. The van der Waals surface area contributed by atoms with E-state index in [-0.39, 0.29) is 48.6 Å². The molecule has 3 aliphatic rings. The number of ether oxygens (including phenoxy) is 1. The quantitative estimate of drug-likeness (QED) is 0.290. The number of nitrogens with zero attached hydrogens (tertiary/aromatic N) is 7. The van der Waals surface area contributed by atoms with Crippen LogP contribution in [0.25, 0.3) is 0 Å². The second-order valence-electron chi connectivity index (χ2n) is 12.8. The van der Waals surface area contributed by atoms with Crippen molar-refractivity contribution in [1.82, 2.24) is 24.6 Å². The van der Waals surface area contributed by atoms with Crippen molar-refractivity contribution in [2.75, 3.05) is 43.1 Å². The molecule has 0 N–H and O–H groups in total. The van der Waals surface area contributed by atoms with Crippen molar-refractivity contribution in [3.63, 3.8) is 0 Å². The number of carbonyl (C=O) groups excluding carboxylic acids is 1. The van der Waals surface area contributed by atoms with Gasteiger partial charge in [-0.05, 0) is 49.3 Å². The third-order valence-corrected chi connectivity index (χ3v) is 9.79. The predicted molar refractivity (Wildman–Crippen MR) is 167 cm³/mol. The molecule has 49 heavy (non-hydrogen) atoms. The van der Waals surface area contributed by atoms with Gasteiger partial charge < -0.3 is 19.4 Å². The molecule has 6 rings (SSSR count). The fourth-order valence-corrected chi connectivity index (χ4v) is 7.28. The van der Waals surface area contributed by atoms with Crippen molar-refractivity contribution in [2.24, 2.45) is 5.92 Å². The first-order valence-corrected chi connectivity index (χ1v) is 16.3. The van der Waals surface area contributed by atoms with Crippen molar-refractivity contribution >= 4 is 17.7 Å². The summed E-state index contributed by atoms with van der Waals surface area (Å²) in [5.41, 5.74) is -2.86. The maximum atomic E-state index is 14.2. The normalized spacial score (nSPS) is 21.5. The summed E-state index contributed by atoms with van der Waals surface area (Å²) in [5, 5.41) is 4.50. The summed E-state index contributed by atoms with van der Waals surface area (Å²) in [5.74, 6) is 0.929. The first kappa shape index (κ1) is 34.5. The second kappa shape index (κ2) is 13.9. The number of amides is 1. The van der Waals surface area contributed by atoms with Gasteiger partial charge >= 0.3 is 12.4 Å². The van der Waals surface area contributed by atoms with E-state index in [9.17, 15) is 35.9 Å². The van der Waals surface area contributed by atoms with Crippen molar-refractivity contribution < 1.29 is 35.9 Å². The Labute approximate surface area is 278 Å². The van der Waals surface area contributed by atoms with Gasteiger partial charge in [0.15, 0.2) is 5.82 Å². The summed E-state index contributed by atoms with van der Waals surface area (Å²) in [7, 11) is 1.50. The number of methoxy groups -OCH3 is 1. The summed E-state index contributed by atoms with van der Waals surface area (Å²) in [6.45, 7) is 1.19. The van der Waals surface area contributed by atoms with Crippen LogP contribution in [0.15, 0.2) is 47.5 Å². The minimum Gasteiger partial charge on any atom is -0.497 e. The molecule has 0 bridgehead atoms. The lowest BCUT2D eigenvalue weighted by atomic mass is 9.84. The molecule has 2 saturated heterocycles. The lowest BCUT2D eigenvalue weighted by Crippen LogP contribution is -2.49. The van der Waals surface area contributed by atoms with Gasteiger partial charge in [-0.25, -0.2) is 14.6 Å². The molecule has 1 aromatic carbocycles. The number of aromatic nitrogens is 4. The molecule has 2 aliphatic heterocycles. The van der Waals surface area contributed by atoms with E-state index in [4.69, 9.17) is 4.74 Å². The van der Waals surface area contributed by atoms with E-state index in [1.165, 1.54) is 7.11 Å². The van der Waals surface area contributed by atoms with Crippen LogP contribution in [-0.2, 0) is 23.7 Å². The number of alkyl halides is 6. The first-order valence-electron chi connectivity index (χ1n) is 16.3. The number of halogens is 6. The minimum absolute atomic E-state index is 0.0540. The van der Waals surface area contributed by atoms with Crippen LogP contribution in [-0.4, -0.2) is 75.9 Å². The Morgan fingerprint density at radius 3 is 2.24 bits per heavy atom. The highest BCUT2D eigenvalue weighted by Crippen LogP contribution is 2.43. The van der Waals surface area contributed by atoms with E-state index in [1.807, 2.05) is 4.90 Å². The van der Waals surface area contributed by atoms with E-state index in [0.717, 1.165) is 48.8 Å². The van der Waals surface area contributed by atoms with Gasteiger partial charge in [0, 0.05) is 63.1 Å². The van der Waals surface area contributed by atoms with Gasteiger partial charge in [-0.15, -0.1) is 0 Å². The third kappa shape index (κ3) is 7.62. The highest BCUT2D eigenvalue weighted by atomic mass is 19.4. The zero-order chi connectivity index (χ0) is 34.9. The topological polar surface area (TPSA) is 96.7 Å². The fraction of sp³-hybridized carbons (Fsp3) is 0.545. The van der Waals surface area contributed by atoms with E-state index >= 15 is 0 Å². The molecule has 10 nitrogen and oxygen atoms in total. The average molecular weight is 694 g/mol. The molecule has 0 spiro atoms. The van der Waals surface area contributed by atoms with Gasteiger partial charge in [0.1, 0.15) is 11.3 Å². The number of hydrogen-bond acceptors (Lipinski definition) is 8. The largest absolute Gasteiger partial charge is 0.497 e. The molecular weight excluding hydrogens is 656 g/mol. The summed E-state index contributed by atoms with van der Waals surface area (Å²) in [6, 6.07) is 7.23. The van der Waals surface area contributed by atoms with Crippen LogP contribution in [0.2, 0.25) is 0 Å². The Balaban J connectivity index is 1.17. The van der Waals surface area contributed by atoms with Crippen LogP contribution >= 0.6 is 0 Å². The van der Waals surface area contributed by atoms with Crippen molar-refractivity contribution in [3.05, 3.63) is 69.8 Å². The molecular formula is C33H37F6N7O3. The number of piperazine rings is 1. The maximum Gasteiger partial charge on any atom is 0.421 e.